The zero-order valence-corrected chi connectivity index (χ0v) is 17.3. The molecule has 0 aliphatic heterocycles. The van der Waals surface area contributed by atoms with Gasteiger partial charge in [-0.05, 0) is 25.8 Å². The average Bonchev–Trinajstić information content (AvgIpc) is 2.70. The van der Waals surface area contributed by atoms with E-state index >= 15 is 0 Å². The lowest BCUT2D eigenvalue weighted by atomic mass is 10.1. The summed E-state index contributed by atoms with van der Waals surface area (Å²) in [6.07, 6.45) is -0.743. The van der Waals surface area contributed by atoms with Crippen LogP contribution in [0, 0.1) is 0 Å². The van der Waals surface area contributed by atoms with Crippen molar-refractivity contribution >= 4 is 35.6 Å². The lowest BCUT2D eigenvalue weighted by Crippen LogP contribution is -2.58. The quantitative estimate of drug-likeness (QED) is 0.0982. The van der Waals surface area contributed by atoms with E-state index < -0.39 is 79.2 Å². The number of hydrogen-bond donors (Lipinski definition) is 9. The van der Waals surface area contributed by atoms with Crippen molar-refractivity contribution in [2.75, 3.05) is 13.2 Å². The van der Waals surface area contributed by atoms with E-state index in [1.807, 2.05) is 5.32 Å². The fourth-order valence-electron chi connectivity index (χ4n) is 2.45. The standard InChI is InChI=1S/C17H30N6O9/c18-4-2-1-3-9(15(29)23-11(17(31)32)6-13(26)27)21-16(30)10(5-12(20)25)22-14(28)8(19)7-24/h8-11,24H,1-7,18-19H2,(H2,20,25)(H,21,30)(H,22,28)(H,23,29)(H,26,27)(H,31,32). The van der Waals surface area contributed by atoms with E-state index in [2.05, 4.69) is 10.6 Å². The highest BCUT2D eigenvalue weighted by molar-refractivity contribution is 5.96. The van der Waals surface area contributed by atoms with Crippen molar-refractivity contribution in [1.29, 1.82) is 0 Å². The summed E-state index contributed by atoms with van der Waals surface area (Å²) in [4.78, 5) is 70.4. The summed E-state index contributed by atoms with van der Waals surface area (Å²) in [5.41, 5.74) is 15.8. The van der Waals surface area contributed by atoms with Gasteiger partial charge in [0.05, 0.1) is 19.4 Å². The van der Waals surface area contributed by atoms with Crippen molar-refractivity contribution in [3.05, 3.63) is 0 Å². The van der Waals surface area contributed by atoms with Crippen molar-refractivity contribution in [2.45, 2.75) is 56.3 Å². The Morgan fingerprint density at radius 1 is 0.781 bits per heavy atom. The van der Waals surface area contributed by atoms with Crippen molar-refractivity contribution < 1.29 is 44.1 Å². The van der Waals surface area contributed by atoms with Crippen LogP contribution in [-0.4, -0.2) is 88.2 Å². The van der Waals surface area contributed by atoms with Gasteiger partial charge in [0.15, 0.2) is 0 Å². The molecule has 0 fully saturated rings. The van der Waals surface area contributed by atoms with E-state index in [9.17, 15) is 28.8 Å². The molecular formula is C17H30N6O9. The maximum atomic E-state index is 12.6. The molecule has 12 N–H and O–H groups in total. The maximum absolute atomic E-state index is 12.6. The molecular weight excluding hydrogens is 432 g/mol. The smallest absolute Gasteiger partial charge is 0.326 e. The number of aliphatic hydroxyl groups excluding tert-OH is 1. The van der Waals surface area contributed by atoms with Crippen LogP contribution >= 0.6 is 0 Å². The Balaban J connectivity index is 5.50. The number of carbonyl (C=O) groups is 6. The van der Waals surface area contributed by atoms with Crippen LogP contribution in [-0.2, 0) is 28.8 Å². The number of amides is 4. The first kappa shape index (κ1) is 28.7. The van der Waals surface area contributed by atoms with Crippen LogP contribution < -0.4 is 33.2 Å². The van der Waals surface area contributed by atoms with Gasteiger partial charge in [0.2, 0.25) is 23.6 Å². The summed E-state index contributed by atoms with van der Waals surface area (Å²) in [5.74, 6) is -6.96. The van der Waals surface area contributed by atoms with Crippen LogP contribution in [0.4, 0.5) is 0 Å². The van der Waals surface area contributed by atoms with Gasteiger partial charge in [-0.15, -0.1) is 0 Å². The highest BCUT2D eigenvalue weighted by atomic mass is 16.4. The lowest BCUT2D eigenvalue weighted by Gasteiger charge is -2.24. The van der Waals surface area contributed by atoms with Crippen molar-refractivity contribution in [3.63, 3.8) is 0 Å². The van der Waals surface area contributed by atoms with Crippen LogP contribution in [0.2, 0.25) is 0 Å². The zero-order chi connectivity index (χ0) is 24.8. The normalized spacial score (nSPS) is 14.3. The minimum atomic E-state index is -1.75. The molecule has 0 aliphatic carbocycles. The summed E-state index contributed by atoms with van der Waals surface area (Å²) in [7, 11) is 0. The summed E-state index contributed by atoms with van der Waals surface area (Å²) in [5, 5.41) is 33.3. The van der Waals surface area contributed by atoms with E-state index in [0.29, 0.717) is 12.8 Å². The second kappa shape index (κ2) is 14.7. The van der Waals surface area contributed by atoms with Crippen LogP contribution in [0.25, 0.3) is 0 Å². The average molecular weight is 462 g/mol. The van der Waals surface area contributed by atoms with Gasteiger partial charge in [-0.1, -0.05) is 0 Å². The predicted molar refractivity (Wildman–Crippen MR) is 107 cm³/mol. The Kier molecular flexibility index (Phi) is 13.1. The van der Waals surface area contributed by atoms with Gasteiger partial charge in [0, 0.05) is 0 Å². The number of hydrogen-bond acceptors (Lipinski definition) is 9. The SMILES string of the molecule is NCCCCC(NC(=O)C(CC(N)=O)NC(=O)C(N)CO)C(=O)NC(CC(=O)O)C(=O)O. The minimum Gasteiger partial charge on any atom is -0.481 e. The third kappa shape index (κ3) is 11.2. The van der Waals surface area contributed by atoms with Crippen molar-refractivity contribution in [2.24, 2.45) is 17.2 Å². The molecule has 4 unspecified atom stereocenters. The van der Waals surface area contributed by atoms with Gasteiger partial charge in [-0.3, -0.25) is 24.0 Å². The molecule has 0 aromatic heterocycles. The van der Waals surface area contributed by atoms with Gasteiger partial charge in [-0.2, -0.15) is 0 Å². The molecule has 32 heavy (non-hydrogen) atoms. The van der Waals surface area contributed by atoms with E-state index in [0.717, 1.165) is 0 Å². The molecule has 0 bridgehead atoms. The van der Waals surface area contributed by atoms with E-state index in [-0.39, 0.29) is 13.0 Å². The van der Waals surface area contributed by atoms with Crippen LogP contribution in [0.1, 0.15) is 32.1 Å². The number of unbranched alkanes of at least 4 members (excludes halogenated alkanes) is 1. The first-order valence-electron chi connectivity index (χ1n) is 9.63. The topological polar surface area (TPSA) is 277 Å². The molecule has 0 aliphatic rings. The zero-order valence-electron chi connectivity index (χ0n) is 17.3. The Morgan fingerprint density at radius 2 is 1.31 bits per heavy atom. The van der Waals surface area contributed by atoms with Crippen LogP contribution in [0.15, 0.2) is 0 Å². The van der Waals surface area contributed by atoms with Gasteiger partial charge in [-0.25, -0.2) is 4.79 Å². The number of carbonyl (C=O) groups excluding carboxylic acids is 4. The number of primary amides is 1. The first-order valence-corrected chi connectivity index (χ1v) is 9.63. The van der Waals surface area contributed by atoms with Gasteiger partial charge >= 0.3 is 11.9 Å². The van der Waals surface area contributed by atoms with Crippen LogP contribution in [0.3, 0.4) is 0 Å². The lowest BCUT2D eigenvalue weighted by molar-refractivity contribution is -0.147. The second-order valence-electron chi connectivity index (χ2n) is 6.86. The summed E-state index contributed by atoms with van der Waals surface area (Å²) in [6, 6.07) is -5.99. The highest BCUT2D eigenvalue weighted by Gasteiger charge is 2.31. The molecule has 4 amide bonds. The number of carboxylic acids is 2. The Labute approximate surface area is 183 Å². The fourth-order valence-corrected chi connectivity index (χ4v) is 2.45. The van der Waals surface area contributed by atoms with Crippen molar-refractivity contribution in [1.82, 2.24) is 16.0 Å². The Morgan fingerprint density at radius 3 is 1.78 bits per heavy atom. The molecule has 182 valence electrons. The number of nitrogens with one attached hydrogen (secondary N) is 3. The largest absolute Gasteiger partial charge is 0.481 e. The number of rotatable bonds is 16. The van der Waals surface area contributed by atoms with Gasteiger partial charge in [0.1, 0.15) is 24.2 Å². The van der Waals surface area contributed by atoms with Crippen LogP contribution in [0.5, 0.6) is 0 Å². The molecule has 0 radical (unpaired) electrons. The molecule has 0 spiro atoms. The maximum Gasteiger partial charge on any atom is 0.326 e. The summed E-state index contributed by atoms with van der Waals surface area (Å²) < 4.78 is 0. The molecule has 0 saturated heterocycles. The molecule has 4 atom stereocenters. The van der Waals surface area contributed by atoms with Gasteiger partial charge in [0.25, 0.3) is 0 Å². The molecule has 0 saturated carbocycles. The summed E-state index contributed by atoms with van der Waals surface area (Å²) in [6.45, 7) is -0.459. The number of aliphatic carboxylic acids is 2. The van der Waals surface area contributed by atoms with Crippen molar-refractivity contribution in [3.8, 4) is 0 Å². The molecule has 15 nitrogen and oxygen atoms in total. The Hall–Kier alpha value is -3.30. The van der Waals surface area contributed by atoms with Gasteiger partial charge < -0.3 is 48.5 Å². The molecule has 0 rings (SSSR count). The fraction of sp³-hybridized carbons (Fsp3) is 0.647. The third-order valence-corrected chi connectivity index (χ3v) is 4.14. The third-order valence-electron chi connectivity index (χ3n) is 4.14. The molecule has 0 heterocycles. The number of nitrogens with two attached hydrogens (primary N) is 3. The van der Waals surface area contributed by atoms with E-state index in [4.69, 9.17) is 32.5 Å². The monoisotopic (exact) mass is 462 g/mol. The molecule has 0 aromatic rings. The molecule has 0 aromatic carbocycles. The first-order chi connectivity index (χ1) is 14.9. The predicted octanol–water partition coefficient (Wildman–Crippen LogP) is -4.68. The minimum absolute atomic E-state index is 0.00156. The Bertz CT molecular complexity index is 702. The van der Waals surface area contributed by atoms with E-state index in [1.54, 1.807) is 0 Å². The number of aliphatic hydroxyl groups is 1. The van der Waals surface area contributed by atoms with E-state index in [1.165, 1.54) is 0 Å². The highest BCUT2D eigenvalue weighted by Crippen LogP contribution is 2.05. The second-order valence-corrected chi connectivity index (χ2v) is 6.86. The summed E-state index contributed by atoms with van der Waals surface area (Å²) >= 11 is 0. The molecule has 15 heteroatoms. The number of carboxylic acid groups (broad SMARTS) is 2.